The molecule has 0 unspecified atom stereocenters. The minimum atomic E-state index is -0.186. The lowest BCUT2D eigenvalue weighted by atomic mass is 9.89. The molecule has 6 heteroatoms. The molecule has 0 bridgehead atoms. The molecule has 0 atom stereocenters. The van der Waals surface area contributed by atoms with Gasteiger partial charge in [-0.15, -0.1) is 0 Å². The van der Waals surface area contributed by atoms with Crippen LogP contribution < -0.4 is 10.2 Å². The van der Waals surface area contributed by atoms with Crippen molar-refractivity contribution in [1.29, 1.82) is 0 Å². The van der Waals surface area contributed by atoms with Gasteiger partial charge in [0.1, 0.15) is 6.61 Å². The van der Waals surface area contributed by atoms with Gasteiger partial charge in [-0.05, 0) is 42.0 Å². The van der Waals surface area contributed by atoms with Crippen LogP contribution in [0, 0.1) is 5.41 Å². The Labute approximate surface area is 182 Å². The molecule has 0 aliphatic heterocycles. The van der Waals surface area contributed by atoms with Crippen LogP contribution in [0.1, 0.15) is 64.9 Å². The minimum absolute atomic E-state index is 0.0169. The molecule has 1 saturated carbocycles. The molecular formula is C24H39N3O3. The highest BCUT2D eigenvalue weighted by Gasteiger charge is 2.29. The molecule has 1 aliphatic rings. The van der Waals surface area contributed by atoms with E-state index in [9.17, 15) is 9.59 Å². The first-order valence-electron chi connectivity index (χ1n) is 11.0. The zero-order valence-electron chi connectivity index (χ0n) is 19.6. The summed E-state index contributed by atoms with van der Waals surface area (Å²) in [4.78, 5) is 29.4. The van der Waals surface area contributed by atoms with E-state index in [1.807, 2.05) is 32.3 Å². The average molecular weight is 418 g/mol. The maximum absolute atomic E-state index is 13.3. The molecule has 1 N–H and O–H groups in total. The van der Waals surface area contributed by atoms with Gasteiger partial charge >= 0.3 is 0 Å². The summed E-state index contributed by atoms with van der Waals surface area (Å²) in [5, 5.41) is 2.88. The van der Waals surface area contributed by atoms with Crippen LogP contribution in [0.3, 0.4) is 0 Å². The van der Waals surface area contributed by atoms with E-state index in [-0.39, 0.29) is 29.9 Å². The van der Waals surface area contributed by atoms with Crippen molar-refractivity contribution in [3.63, 3.8) is 0 Å². The topological polar surface area (TPSA) is 61.9 Å². The second-order valence-electron chi connectivity index (χ2n) is 9.77. The lowest BCUT2D eigenvalue weighted by molar-refractivity contribution is -0.137. The quantitative estimate of drug-likeness (QED) is 0.679. The summed E-state index contributed by atoms with van der Waals surface area (Å²) in [6.07, 6.45) is 6.27. The van der Waals surface area contributed by atoms with Crippen LogP contribution in [-0.4, -0.2) is 50.6 Å². The van der Waals surface area contributed by atoms with Crippen molar-refractivity contribution in [2.24, 2.45) is 5.41 Å². The Morgan fingerprint density at radius 1 is 1.13 bits per heavy atom. The summed E-state index contributed by atoms with van der Waals surface area (Å²) >= 11 is 0. The van der Waals surface area contributed by atoms with E-state index in [4.69, 9.17) is 4.74 Å². The molecule has 2 amide bonds. The van der Waals surface area contributed by atoms with Crippen molar-refractivity contribution in [1.82, 2.24) is 4.90 Å². The van der Waals surface area contributed by atoms with Crippen molar-refractivity contribution in [2.75, 3.05) is 38.0 Å². The van der Waals surface area contributed by atoms with Crippen LogP contribution in [0.5, 0.6) is 0 Å². The standard InChI is InChI=1S/C24H39N3O3/c1-24(2,3)15-23(29)27(20-10-8-7-9-11-20)16-18-14-19(25-22(28)17-30-6)12-13-21(18)26(4)5/h12-14,20H,7-11,15-17H2,1-6H3,(H,25,28). The van der Waals surface area contributed by atoms with Crippen molar-refractivity contribution in [3.05, 3.63) is 23.8 Å². The van der Waals surface area contributed by atoms with Gasteiger partial charge in [0.05, 0.1) is 0 Å². The fourth-order valence-electron chi connectivity index (χ4n) is 4.11. The molecule has 0 aromatic heterocycles. The van der Waals surface area contributed by atoms with Gasteiger partial charge < -0.3 is 19.9 Å². The molecule has 6 nitrogen and oxygen atoms in total. The van der Waals surface area contributed by atoms with Gasteiger partial charge in [0.2, 0.25) is 11.8 Å². The number of benzene rings is 1. The van der Waals surface area contributed by atoms with Crippen molar-refractivity contribution >= 4 is 23.2 Å². The second kappa shape index (κ2) is 10.8. The minimum Gasteiger partial charge on any atom is -0.377 e. The summed E-state index contributed by atoms with van der Waals surface area (Å²) in [5.74, 6) is 0.0296. The van der Waals surface area contributed by atoms with Crippen LogP contribution in [-0.2, 0) is 20.9 Å². The Morgan fingerprint density at radius 2 is 1.80 bits per heavy atom. The summed E-state index contributed by atoms with van der Waals surface area (Å²) in [5.41, 5.74) is 2.78. The van der Waals surface area contributed by atoms with Crippen molar-refractivity contribution < 1.29 is 14.3 Å². The third-order valence-electron chi connectivity index (χ3n) is 5.48. The maximum atomic E-state index is 13.3. The highest BCUT2D eigenvalue weighted by atomic mass is 16.5. The van der Waals surface area contributed by atoms with E-state index in [1.54, 1.807) is 0 Å². The first kappa shape index (κ1) is 24.2. The van der Waals surface area contributed by atoms with Gasteiger partial charge in [0.25, 0.3) is 0 Å². The molecule has 0 heterocycles. The molecule has 1 fully saturated rings. The average Bonchev–Trinajstić information content (AvgIpc) is 2.65. The SMILES string of the molecule is COCC(=O)Nc1ccc(N(C)C)c(CN(C(=O)CC(C)(C)C)C2CCCCC2)c1. The predicted octanol–water partition coefficient (Wildman–Crippen LogP) is 4.44. The van der Waals surface area contributed by atoms with E-state index >= 15 is 0 Å². The molecule has 168 valence electrons. The first-order chi connectivity index (χ1) is 14.1. The highest BCUT2D eigenvalue weighted by Crippen LogP contribution is 2.31. The Kier molecular flexibility index (Phi) is 8.71. The summed E-state index contributed by atoms with van der Waals surface area (Å²) in [6.45, 7) is 6.91. The Balaban J connectivity index is 2.33. The van der Waals surface area contributed by atoms with E-state index in [0.717, 1.165) is 29.8 Å². The van der Waals surface area contributed by atoms with Crippen molar-refractivity contribution in [2.45, 2.75) is 71.9 Å². The lowest BCUT2D eigenvalue weighted by Gasteiger charge is -2.37. The smallest absolute Gasteiger partial charge is 0.250 e. The van der Waals surface area contributed by atoms with Gasteiger partial charge in [-0.2, -0.15) is 0 Å². The van der Waals surface area contributed by atoms with E-state index in [0.29, 0.717) is 13.0 Å². The third kappa shape index (κ3) is 7.31. The molecule has 2 rings (SSSR count). The highest BCUT2D eigenvalue weighted by molar-refractivity contribution is 5.92. The van der Waals surface area contributed by atoms with E-state index < -0.39 is 0 Å². The van der Waals surface area contributed by atoms with E-state index in [2.05, 4.69) is 35.9 Å². The first-order valence-corrected chi connectivity index (χ1v) is 11.0. The number of carbonyl (C=O) groups excluding carboxylic acids is 2. The largest absolute Gasteiger partial charge is 0.377 e. The number of hydrogen-bond donors (Lipinski definition) is 1. The number of carbonyl (C=O) groups is 2. The fraction of sp³-hybridized carbons (Fsp3) is 0.667. The monoisotopic (exact) mass is 417 g/mol. The summed E-state index contributed by atoms with van der Waals surface area (Å²) in [7, 11) is 5.51. The normalized spacial score (nSPS) is 15.0. The summed E-state index contributed by atoms with van der Waals surface area (Å²) in [6, 6.07) is 6.18. The van der Waals surface area contributed by atoms with Crippen molar-refractivity contribution in [3.8, 4) is 0 Å². The Bertz CT molecular complexity index is 719. The van der Waals surface area contributed by atoms with Crippen LogP contribution in [0.4, 0.5) is 11.4 Å². The molecule has 0 spiro atoms. The number of nitrogens with one attached hydrogen (secondary N) is 1. The number of anilines is 2. The Hall–Kier alpha value is -2.08. The van der Waals surface area contributed by atoms with Gasteiger partial charge in [0.15, 0.2) is 0 Å². The molecule has 30 heavy (non-hydrogen) atoms. The maximum Gasteiger partial charge on any atom is 0.250 e. The number of amides is 2. The number of methoxy groups -OCH3 is 1. The Morgan fingerprint density at radius 3 is 2.37 bits per heavy atom. The number of hydrogen-bond acceptors (Lipinski definition) is 4. The van der Waals surface area contributed by atoms with Crippen LogP contribution in [0.15, 0.2) is 18.2 Å². The number of rotatable bonds is 8. The van der Waals surface area contributed by atoms with E-state index in [1.165, 1.54) is 26.4 Å². The lowest BCUT2D eigenvalue weighted by Crippen LogP contribution is -2.42. The molecule has 0 radical (unpaired) electrons. The molecule has 0 saturated heterocycles. The molecule has 1 aromatic rings. The van der Waals surface area contributed by atoms with Crippen LogP contribution in [0.2, 0.25) is 0 Å². The molecular weight excluding hydrogens is 378 g/mol. The van der Waals surface area contributed by atoms with Crippen LogP contribution >= 0.6 is 0 Å². The molecule has 1 aromatic carbocycles. The van der Waals surface area contributed by atoms with Gasteiger partial charge in [-0.1, -0.05) is 40.0 Å². The van der Waals surface area contributed by atoms with Crippen LogP contribution in [0.25, 0.3) is 0 Å². The van der Waals surface area contributed by atoms with Gasteiger partial charge in [-0.3, -0.25) is 9.59 Å². The fourth-order valence-corrected chi connectivity index (χ4v) is 4.11. The number of ether oxygens (including phenoxy) is 1. The molecule has 1 aliphatic carbocycles. The third-order valence-corrected chi connectivity index (χ3v) is 5.48. The van der Waals surface area contributed by atoms with Gasteiger partial charge in [0, 0.05) is 51.6 Å². The number of nitrogens with zero attached hydrogens (tertiary/aromatic N) is 2. The second-order valence-corrected chi connectivity index (χ2v) is 9.77. The summed E-state index contributed by atoms with van der Waals surface area (Å²) < 4.78 is 4.92. The van der Waals surface area contributed by atoms with Gasteiger partial charge in [-0.25, -0.2) is 0 Å². The zero-order valence-corrected chi connectivity index (χ0v) is 19.6. The predicted molar refractivity (Wildman–Crippen MR) is 123 cm³/mol. The zero-order chi connectivity index (χ0) is 22.3.